The van der Waals surface area contributed by atoms with Gasteiger partial charge in [0.1, 0.15) is 0 Å². The fourth-order valence-electron chi connectivity index (χ4n) is 1.60. The molecular formula is C17H18N4. The van der Waals surface area contributed by atoms with Gasteiger partial charge in [0.15, 0.2) is 0 Å². The van der Waals surface area contributed by atoms with E-state index in [-0.39, 0.29) is 0 Å². The van der Waals surface area contributed by atoms with E-state index in [1.807, 2.05) is 79.1 Å². The second kappa shape index (κ2) is 8.22. The van der Waals surface area contributed by atoms with E-state index >= 15 is 0 Å². The van der Waals surface area contributed by atoms with Crippen LogP contribution >= 0.6 is 0 Å². The van der Waals surface area contributed by atoms with Gasteiger partial charge in [-0.1, -0.05) is 36.4 Å². The summed E-state index contributed by atoms with van der Waals surface area (Å²) in [6.45, 7) is 0. The molecule has 0 aliphatic rings. The maximum absolute atomic E-state index is 5.78. The Morgan fingerprint density at radius 2 is 1.52 bits per heavy atom. The molecule has 0 spiro atoms. The van der Waals surface area contributed by atoms with Gasteiger partial charge in [0, 0.05) is 23.6 Å². The van der Waals surface area contributed by atoms with Gasteiger partial charge < -0.3 is 10.7 Å². The predicted molar refractivity (Wildman–Crippen MR) is 89.3 cm³/mol. The van der Waals surface area contributed by atoms with Crippen molar-refractivity contribution in [3.05, 3.63) is 84.7 Å². The van der Waals surface area contributed by atoms with E-state index in [1.54, 1.807) is 6.21 Å². The maximum atomic E-state index is 5.78. The number of nitrogen functional groups attached to an aromatic ring is 1. The minimum Gasteiger partial charge on any atom is -0.398 e. The number of anilines is 2. The van der Waals surface area contributed by atoms with E-state index in [0.29, 0.717) is 0 Å². The van der Waals surface area contributed by atoms with E-state index in [1.165, 1.54) is 0 Å². The summed E-state index contributed by atoms with van der Waals surface area (Å²) in [5.41, 5.74) is 11.3. The van der Waals surface area contributed by atoms with Crippen LogP contribution < -0.4 is 11.2 Å². The van der Waals surface area contributed by atoms with E-state index < -0.39 is 0 Å². The van der Waals surface area contributed by atoms with Crippen LogP contribution in [0.15, 0.2) is 84.2 Å². The Morgan fingerprint density at radius 3 is 2.14 bits per heavy atom. The summed E-state index contributed by atoms with van der Waals surface area (Å²) < 4.78 is 0. The molecule has 0 fully saturated rings. The van der Waals surface area contributed by atoms with E-state index in [9.17, 15) is 0 Å². The van der Waals surface area contributed by atoms with E-state index in [4.69, 9.17) is 5.73 Å². The monoisotopic (exact) mass is 278 g/mol. The third-order valence-corrected chi connectivity index (χ3v) is 2.66. The first-order valence-corrected chi connectivity index (χ1v) is 6.62. The first kappa shape index (κ1) is 14.4. The van der Waals surface area contributed by atoms with Crippen LogP contribution in [0.3, 0.4) is 0 Å². The molecule has 0 saturated heterocycles. The number of para-hydroxylation sites is 2. The second-order valence-electron chi connectivity index (χ2n) is 4.25. The summed E-state index contributed by atoms with van der Waals surface area (Å²) >= 11 is 0. The van der Waals surface area contributed by atoms with Gasteiger partial charge in [-0.3, -0.25) is 5.43 Å². The SMILES string of the molecule is Nc1ccccc1C=NNc1ccccc1.c1cc[nH]c1. The van der Waals surface area contributed by atoms with Crippen molar-refractivity contribution in [2.45, 2.75) is 0 Å². The molecule has 4 nitrogen and oxygen atoms in total. The number of benzene rings is 2. The van der Waals surface area contributed by atoms with Gasteiger partial charge in [-0.2, -0.15) is 5.10 Å². The zero-order chi connectivity index (χ0) is 14.8. The topological polar surface area (TPSA) is 66.2 Å². The van der Waals surface area contributed by atoms with Crippen molar-refractivity contribution in [3.8, 4) is 0 Å². The van der Waals surface area contributed by atoms with Crippen molar-refractivity contribution in [1.82, 2.24) is 4.98 Å². The third kappa shape index (κ3) is 5.24. The fourth-order valence-corrected chi connectivity index (χ4v) is 1.60. The number of hydrogen-bond donors (Lipinski definition) is 3. The van der Waals surface area contributed by atoms with Crippen molar-refractivity contribution in [3.63, 3.8) is 0 Å². The highest BCUT2D eigenvalue weighted by Crippen LogP contribution is 2.08. The summed E-state index contributed by atoms with van der Waals surface area (Å²) in [6, 6.07) is 21.3. The lowest BCUT2D eigenvalue weighted by molar-refractivity contribution is 1.35. The molecule has 0 amide bonds. The quantitative estimate of drug-likeness (QED) is 0.388. The minimum absolute atomic E-state index is 0.723. The van der Waals surface area contributed by atoms with Crippen LogP contribution in [0.5, 0.6) is 0 Å². The number of hydrazone groups is 1. The summed E-state index contributed by atoms with van der Waals surface area (Å²) in [4.78, 5) is 2.86. The first-order valence-electron chi connectivity index (χ1n) is 6.62. The number of aromatic amines is 1. The van der Waals surface area contributed by atoms with Crippen LogP contribution in [-0.4, -0.2) is 11.2 Å². The highest BCUT2D eigenvalue weighted by atomic mass is 15.3. The van der Waals surface area contributed by atoms with Crippen LogP contribution in [0.2, 0.25) is 0 Å². The van der Waals surface area contributed by atoms with Crippen LogP contribution in [-0.2, 0) is 0 Å². The van der Waals surface area contributed by atoms with Gasteiger partial charge in [0.2, 0.25) is 0 Å². The Bertz CT molecular complexity index is 628. The molecule has 4 heteroatoms. The Hall–Kier alpha value is -3.01. The van der Waals surface area contributed by atoms with Crippen LogP contribution in [0.25, 0.3) is 0 Å². The number of rotatable bonds is 3. The minimum atomic E-state index is 0.723. The van der Waals surface area contributed by atoms with E-state index in [2.05, 4.69) is 15.5 Å². The third-order valence-electron chi connectivity index (χ3n) is 2.66. The molecule has 2 aromatic carbocycles. The molecular weight excluding hydrogens is 260 g/mol. The number of nitrogens with zero attached hydrogens (tertiary/aromatic N) is 1. The summed E-state index contributed by atoms with van der Waals surface area (Å²) in [7, 11) is 0. The molecule has 1 heterocycles. The Morgan fingerprint density at radius 1 is 0.857 bits per heavy atom. The Kier molecular flexibility index (Phi) is 5.64. The van der Waals surface area contributed by atoms with Crippen LogP contribution in [0, 0.1) is 0 Å². The molecule has 0 bridgehead atoms. The molecule has 1 aromatic heterocycles. The van der Waals surface area contributed by atoms with Gasteiger partial charge in [0.05, 0.1) is 11.9 Å². The Labute approximate surface area is 124 Å². The number of nitrogens with one attached hydrogen (secondary N) is 2. The molecule has 3 rings (SSSR count). The number of hydrogen-bond acceptors (Lipinski definition) is 3. The zero-order valence-corrected chi connectivity index (χ0v) is 11.6. The molecule has 0 radical (unpaired) electrons. The number of H-pyrrole nitrogens is 1. The van der Waals surface area contributed by atoms with Gasteiger partial charge in [-0.05, 0) is 30.3 Å². The molecule has 3 aromatic rings. The lowest BCUT2D eigenvalue weighted by Crippen LogP contribution is -1.94. The summed E-state index contributed by atoms with van der Waals surface area (Å²) in [5, 5.41) is 4.12. The lowest BCUT2D eigenvalue weighted by atomic mass is 10.2. The molecule has 0 atom stereocenters. The molecule has 0 aliphatic carbocycles. The maximum Gasteiger partial charge on any atom is 0.0565 e. The van der Waals surface area contributed by atoms with Crippen molar-refractivity contribution < 1.29 is 0 Å². The highest BCUT2D eigenvalue weighted by molar-refractivity contribution is 5.87. The van der Waals surface area contributed by atoms with Crippen molar-refractivity contribution in [2.24, 2.45) is 5.10 Å². The van der Waals surface area contributed by atoms with E-state index in [0.717, 1.165) is 16.9 Å². The molecule has 21 heavy (non-hydrogen) atoms. The summed E-state index contributed by atoms with van der Waals surface area (Å²) in [5.74, 6) is 0. The average molecular weight is 278 g/mol. The number of nitrogens with two attached hydrogens (primary N) is 1. The van der Waals surface area contributed by atoms with Crippen molar-refractivity contribution >= 4 is 17.6 Å². The smallest absolute Gasteiger partial charge is 0.0565 e. The molecule has 106 valence electrons. The Balaban J connectivity index is 0.000000272. The lowest BCUT2D eigenvalue weighted by Gasteiger charge is -2.00. The normalized spacial score (nSPS) is 9.90. The van der Waals surface area contributed by atoms with Gasteiger partial charge in [-0.25, -0.2) is 0 Å². The van der Waals surface area contributed by atoms with Gasteiger partial charge in [-0.15, -0.1) is 0 Å². The second-order valence-corrected chi connectivity index (χ2v) is 4.25. The van der Waals surface area contributed by atoms with Crippen LogP contribution in [0.1, 0.15) is 5.56 Å². The average Bonchev–Trinajstić information content (AvgIpc) is 3.10. The zero-order valence-electron chi connectivity index (χ0n) is 11.6. The first-order chi connectivity index (χ1) is 10.4. The highest BCUT2D eigenvalue weighted by Gasteiger charge is 1.92. The van der Waals surface area contributed by atoms with Crippen molar-refractivity contribution in [1.29, 1.82) is 0 Å². The van der Waals surface area contributed by atoms with Crippen LogP contribution in [0.4, 0.5) is 11.4 Å². The standard InChI is InChI=1S/C13H13N3.C4H5N/c14-13-9-5-4-6-11(13)10-15-16-12-7-2-1-3-8-12;1-2-4-5-3-1/h1-10,16H,14H2;1-5H. The number of aromatic nitrogens is 1. The molecule has 0 unspecified atom stereocenters. The summed E-state index contributed by atoms with van der Waals surface area (Å²) in [6.07, 6.45) is 5.46. The molecule has 4 N–H and O–H groups in total. The van der Waals surface area contributed by atoms with Gasteiger partial charge >= 0.3 is 0 Å². The van der Waals surface area contributed by atoms with Crippen molar-refractivity contribution in [2.75, 3.05) is 11.2 Å². The predicted octanol–water partition coefficient (Wildman–Crippen LogP) is 3.73. The molecule has 0 saturated carbocycles. The van der Waals surface area contributed by atoms with Gasteiger partial charge in [0.25, 0.3) is 0 Å². The largest absolute Gasteiger partial charge is 0.398 e. The molecule has 0 aliphatic heterocycles. The fraction of sp³-hybridized carbons (Fsp3) is 0.